The van der Waals surface area contributed by atoms with E-state index in [4.69, 9.17) is 13.9 Å². The Balaban J connectivity index is 2.19. The third kappa shape index (κ3) is 4.65. The predicted molar refractivity (Wildman–Crippen MR) is 73.7 cm³/mol. The molecule has 3 radical (unpaired) electrons. The summed E-state index contributed by atoms with van der Waals surface area (Å²) in [6, 6.07) is 0. The number of hydrogen-bond acceptors (Lipinski definition) is 3. The molecule has 0 bridgehead atoms. The topological polar surface area (TPSA) is 31.0 Å². The molecule has 1 rings (SSSR count). The van der Waals surface area contributed by atoms with E-state index in [9.17, 15) is 0 Å². The molecule has 1 saturated heterocycles. The van der Waals surface area contributed by atoms with E-state index in [1.165, 1.54) is 0 Å². The third-order valence-corrected chi connectivity index (χ3v) is 4.34. The summed E-state index contributed by atoms with van der Waals surface area (Å²) in [4.78, 5) is 0. The van der Waals surface area contributed by atoms with Crippen LogP contribution >= 0.6 is 0 Å². The lowest BCUT2D eigenvalue weighted by Crippen LogP contribution is -2.43. The van der Waals surface area contributed by atoms with Gasteiger partial charge in [0.1, 0.15) is 6.10 Å². The molecule has 18 heavy (non-hydrogen) atoms. The highest BCUT2D eigenvalue weighted by Gasteiger charge is 2.35. The van der Waals surface area contributed by atoms with Crippen molar-refractivity contribution in [2.24, 2.45) is 11.8 Å². The Hall–Kier alpha value is 0.0969. The van der Waals surface area contributed by atoms with E-state index in [-0.39, 0.29) is 5.60 Å². The number of ether oxygens (including phenoxy) is 2. The van der Waals surface area contributed by atoms with Gasteiger partial charge in [-0.3, -0.25) is 0 Å². The molecule has 0 aromatic heterocycles. The molecule has 1 heterocycles. The van der Waals surface area contributed by atoms with Gasteiger partial charge in [-0.25, -0.2) is 0 Å². The summed E-state index contributed by atoms with van der Waals surface area (Å²) in [7, 11) is 3.29. The lowest BCUT2D eigenvalue weighted by molar-refractivity contribution is -0.0258. The van der Waals surface area contributed by atoms with Gasteiger partial charge < -0.3 is 13.9 Å². The van der Waals surface area contributed by atoms with E-state index in [0.717, 1.165) is 39.1 Å². The maximum Gasteiger partial charge on any atom is 0.247 e. The van der Waals surface area contributed by atoms with Crippen molar-refractivity contribution in [3.63, 3.8) is 0 Å². The van der Waals surface area contributed by atoms with Crippen molar-refractivity contribution in [1.29, 1.82) is 0 Å². The van der Waals surface area contributed by atoms with Gasteiger partial charge in [0.15, 0.2) is 0 Å². The normalized spacial score (nSPS) is 19.8. The second-order valence-corrected chi connectivity index (χ2v) is 6.06. The molecule has 0 amide bonds. The molecule has 3 nitrogen and oxygen atoms in total. The molecule has 1 atom stereocenters. The van der Waals surface area contributed by atoms with Crippen LogP contribution in [0, 0.1) is 11.8 Å². The average Bonchev–Trinajstić information content (AvgIpc) is 3.11. The molecule has 4 heteroatoms. The van der Waals surface area contributed by atoms with Gasteiger partial charge in [0.2, 0.25) is 10.5 Å². The van der Waals surface area contributed by atoms with E-state index in [2.05, 4.69) is 38.2 Å². The fourth-order valence-corrected chi connectivity index (χ4v) is 3.09. The zero-order valence-corrected chi connectivity index (χ0v) is 13.2. The van der Waals surface area contributed by atoms with Gasteiger partial charge in [-0.2, -0.15) is 0 Å². The van der Waals surface area contributed by atoms with Crippen LogP contribution in [-0.4, -0.2) is 42.0 Å². The fourth-order valence-electron chi connectivity index (χ4n) is 2.52. The van der Waals surface area contributed by atoms with Crippen molar-refractivity contribution >= 4 is 10.5 Å². The van der Waals surface area contributed by atoms with E-state index < -0.39 is 0 Å². The minimum absolute atomic E-state index is 0.0729. The monoisotopic (exact) mass is 271 g/mol. The molecule has 0 aromatic carbocycles. The molecule has 0 spiro atoms. The maximum atomic E-state index is 5.66. The zero-order valence-electron chi connectivity index (χ0n) is 12.2. The first-order valence-electron chi connectivity index (χ1n) is 7.07. The third-order valence-electron chi connectivity index (χ3n) is 3.96. The SMILES string of the molecule is CC(C)C(CCCCOCC1CO1)(O[Si])C(C)C. The number of hydrogen-bond donors (Lipinski definition) is 0. The van der Waals surface area contributed by atoms with Gasteiger partial charge in [-0.05, 0) is 31.1 Å². The van der Waals surface area contributed by atoms with Crippen LogP contribution < -0.4 is 0 Å². The fraction of sp³-hybridized carbons (Fsp3) is 1.00. The van der Waals surface area contributed by atoms with Crippen LogP contribution in [0.1, 0.15) is 47.0 Å². The van der Waals surface area contributed by atoms with Crippen LogP contribution in [-0.2, 0) is 13.9 Å². The summed E-state index contributed by atoms with van der Waals surface area (Å²) in [5.74, 6) is 0.992. The van der Waals surface area contributed by atoms with E-state index >= 15 is 0 Å². The highest BCUT2D eigenvalue weighted by atomic mass is 28.2. The molecule has 1 aliphatic rings. The number of unbranched alkanes of at least 4 members (excludes halogenated alkanes) is 1. The van der Waals surface area contributed by atoms with Crippen LogP contribution in [0.15, 0.2) is 0 Å². The van der Waals surface area contributed by atoms with Crippen molar-refractivity contribution in [2.45, 2.75) is 58.7 Å². The summed E-state index contributed by atoms with van der Waals surface area (Å²) in [6.45, 7) is 11.4. The van der Waals surface area contributed by atoms with Crippen molar-refractivity contribution in [2.75, 3.05) is 19.8 Å². The predicted octanol–water partition coefficient (Wildman–Crippen LogP) is 2.72. The molecule has 1 unspecified atom stereocenters. The smallest absolute Gasteiger partial charge is 0.247 e. The van der Waals surface area contributed by atoms with Crippen molar-refractivity contribution < 1.29 is 13.9 Å². The summed E-state index contributed by atoms with van der Waals surface area (Å²) < 4.78 is 16.3. The van der Waals surface area contributed by atoms with Gasteiger partial charge in [-0.15, -0.1) is 0 Å². The van der Waals surface area contributed by atoms with Gasteiger partial charge in [0.25, 0.3) is 0 Å². The molecule has 105 valence electrons. The molecule has 0 saturated carbocycles. The molecular weight excluding hydrogens is 244 g/mol. The van der Waals surface area contributed by atoms with Crippen LogP contribution in [0.3, 0.4) is 0 Å². The molecule has 1 aliphatic heterocycles. The summed E-state index contributed by atoms with van der Waals surface area (Å²) in [5, 5.41) is 0. The maximum absolute atomic E-state index is 5.66. The van der Waals surface area contributed by atoms with Crippen molar-refractivity contribution in [3.8, 4) is 0 Å². The molecule has 0 N–H and O–H groups in total. The molecule has 0 aliphatic carbocycles. The van der Waals surface area contributed by atoms with Crippen LogP contribution in [0.2, 0.25) is 0 Å². The van der Waals surface area contributed by atoms with E-state index in [1.807, 2.05) is 0 Å². The van der Waals surface area contributed by atoms with Crippen LogP contribution in [0.5, 0.6) is 0 Å². The first-order valence-corrected chi connectivity index (χ1v) is 7.48. The van der Waals surface area contributed by atoms with Crippen LogP contribution in [0.4, 0.5) is 0 Å². The molecule has 0 aromatic rings. The lowest BCUT2D eigenvalue weighted by atomic mass is 9.77. The lowest BCUT2D eigenvalue weighted by Gasteiger charge is -2.41. The summed E-state index contributed by atoms with van der Waals surface area (Å²) >= 11 is 0. The number of epoxide rings is 1. The van der Waals surface area contributed by atoms with Crippen molar-refractivity contribution in [1.82, 2.24) is 0 Å². The Bertz CT molecular complexity index is 219. The quantitative estimate of drug-likeness (QED) is 0.348. The highest BCUT2D eigenvalue weighted by Crippen LogP contribution is 2.34. The van der Waals surface area contributed by atoms with Crippen molar-refractivity contribution in [3.05, 3.63) is 0 Å². The van der Waals surface area contributed by atoms with Gasteiger partial charge in [-0.1, -0.05) is 27.7 Å². The minimum Gasteiger partial charge on any atom is -0.413 e. The van der Waals surface area contributed by atoms with Gasteiger partial charge >= 0.3 is 0 Å². The Morgan fingerprint density at radius 3 is 2.28 bits per heavy atom. The standard InChI is InChI=1S/C14H27O3Si/c1-11(2)14(17-18,12(3)4)7-5-6-8-15-9-13-10-16-13/h11-13H,5-10H2,1-4H3. The molecule has 1 fully saturated rings. The zero-order chi connectivity index (χ0) is 13.6. The van der Waals surface area contributed by atoms with Gasteiger partial charge in [0, 0.05) is 6.61 Å². The van der Waals surface area contributed by atoms with E-state index in [1.54, 1.807) is 0 Å². The second-order valence-electron chi connectivity index (χ2n) is 5.85. The number of rotatable bonds is 10. The first-order chi connectivity index (χ1) is 8.53. The summed E-state index contributed by atoms with van der Waals surface area (Å²) in [5.41, 5.74) is -0.0729. The highest BCUT2D eigenvalue weighted by molar-refractivity contribution is 5.98. The summed E-state index contributed by atoms with van der Waals surface area (Å²) in [6.07, 6.45) is 3.66. The second kappa shape index (κ2) is 7.63. The Kier molecular flexibility index (Phi) is 6.85. The van der Waals surface area contributed by atoms with Crippen LogP contribution in [0.25, 0.3) is 0 Å². The largest absolute Gasteiger partial charge is 0.413 e. The Morgan fingerprint density at radius 1 is 1.22 bits per heavy atom. The Morgan fingerprint density at radius 2 is 1.83 bits per heavy atom. The average molecular weight is 271 g/mol. The van der Waals surface area contributed by atoms with E-state index in [0.29, 0.717) is 17.9 Å². The Labute approximate surface area is 115 Å². The first kappa shape index (κ1) is 16.2. The minimum atomic E-state index is -0.0729. The van der Waals surface area contributed by atoms with Gasteiger partial charge in [0.05, 0.1) is 18.8 Å². The molecular formula is C14H27O3Si.